The van der Waals surface area contributed by atoms with Crippen molar-refractivity contribution in [2.45, 2.75) is 64.7 Å². The maximum atomic E-state index is 13.1. The SMILES string of the molecule is CCO[C@@H]1[C@@H](Cc2ccccc2)CCC[C@H](NC(=O)c2nccc(OC)c2OC(C)=O)C(=O)O[C@H]1C. The summed E-state index contributed by atoms with van der Waals surface area (Å²) in [7, 11) is 1.39. The summed E-state index contributed by atoms with van der Waals surface area (Å²) in [5.74, 6) is -1.62. The molecule has 1 aliphatic rings. The van der Waals surface area contributed by atoms with E-state index in [1.54, 1.807) is 0 Å². The molecule has 2 heterocycles. The Labute approximate surface area is 211 Å². The molecule has 2 aromatic rings. The molecule has 0 saturated carbocycles. The van der Waals surface area contributed by atoms with Crippen LogP contribution in [0.5, 0.6) is 11.5 Å². The highest BCUT2D eigenvalue weighted by Gasteiger charge is 2.35. The largest absolute Gasteiger partial charge is 0.493 e. The van der Waals surface area contributed by atoms with E-state index in [-0.39, 0.29) is 29.2 Å². The molecular weight excluding hydrogens is 464 g/mol. The van der Waals surface area contributed by atoms with E-state index >= 15 is 0 Å². The van der Waals surface area contributed by atoms with Crippen molar-refractivity contribution >= 4 is 17.8 Å². The zero-order chi connectivity index (χ0) is 26.1. The molecule has 36 heavy (non-hydrogen) atoms. The fourth-order valence-electron chi connectivity index (χ4n) is 4.53. The number of carbonyl (C=O) groups is 3. The Morgan fingerprint density at radius 1 is 1.17 bits per heavy atom. The fraction of sp³-hybridized carbons (Fsp3) is 0.481. The number of hydrogen-bond acceptors (Lipinski definition) is 8. The molecule has 3 rings (SSSR count). The fourth-order valence-corrected chi connectivity index (χ4v) is 4.53. The Kier molecular flexibility index (Phi) is 9.81. The highest BCUT2D eigenvalue weighted by atomic mass is 16.6. The molecule has 1 amide bonds. The summed E-state index contributed by atoms with van der Waals surface area (Å²) >= 11 is 0. The summed E-state index contributed by atoms with van der Waals surface area (Å²) < 4.78 is 22.2. The van der Waals surface area contributed by atoms with Crippen LogP contribution in [0.4, 0.5) is 0 Å². The maximum absolute atomic E-state index is 13.1. The van der Waals surface area contributed by atoms with Gasteiger partial charge in [-0.25, -0.2) is 9.78 Å². The van der Waals surface area contributed by atoms with Gasteiger partial charge in [-0.15, -0.1) is 0 Å². The van der Waals surface area contributed by atoms with E-state index < -0.39 is 30.0 Å². The second-order valence-electron chi connectivity index (χ2n) is 8.75. The van der Waals surface area contributed by atoms with Crippen LogP contribution in [0.3, 0.4) is 0 Å². The number of ether oxygens (including phenoxy) is 4. The number of hydrogen-bond donors (Lipinski definition) is 1. The number of nitrogens with zero attached hydrogens (tertiary/aromatic N) is 1. The van der Waals surface area contributed by atoms with Crippen LogP contribution in [0.25, 0.3) is 0 Å². The van der Waals surface area contributed by atoms with Gasteiger partial charge in [0, 0.05) is 25.8 Å². The third kappa shape index (κ3) is 7.04. The van der Waals surface area contributed by atoms with Gasteiger partial charge in [-0.05, 0) is 44.6 Å². The molecule has 1 aromatic heterocycles. The van der Waals surface area contributed by atoms with Gasteiger partial charge >= 0.3 is 11.9 Å². The number of methoxy groups -OCH3 is 1. The molecule has 0 radical (unpaired) electrons. The van der Waals surface area contributed by atoms with Crippen LogP contribution in [0.1, 0.15) is 56.1 Å². The van der Waals surface area contributed by atoms with Gasteiger partial charge in [0.1, 0.15) is 12.1 Å². The zero-order valence-electron chi connectivity index (χ0n) is 21.2. The Bertz CT molecular complexity index is 1040. The summed E-state index contributed by atoms with van der Waals surface area (Å²) in [6, 6.07) is 10.7. The highest BCUT2D eigenvalue weighted by molar-refractivity contribution is 5.98. The Balaban J connectivity index is 1.79. The monoisotopic (exact) mass is 498 g/mol. The number of nitrogens with one attached hydrogen (secondary N) is 1. The average Bonchev–Trinajstić information content (AvgIpc) is 2.90. The van der Waals surface area contributed by atoms with Crippen molar-refractivity contribution in [3.63, 3.8) is 0 Å². The van der Waals surface area contributed by atoms with Gasteiger partial charge in [0.05, 0.1) is 13.2 Å². The first kappa shape index (κ1) is 27.1. The molecule has 1 aromatic carbocycles. The highest BCUT2D eigenvalue weighted by Crippen LogP contribution is 2.31. The van der Waals surface area contributed by atoms with Crippen molar-refractivity contribution in [1.82, 2.24) is 10.3 Å². The number of carbonyl (C=O) groups excluding carboxylic acids is 3. The minimum atomic E-state index is -0.893. The quantitative estimate of drug-likeness (QED) is 0.551. The van der Waals surface area contributed by atoms with E-state index in [9.17, 15) is 14.4 Å². The minimum Gasteiger partial charge on any atom is -0.493 e. The van der Waals surface area contributed by atoms with Crippen molar-refractivity contribution in [3.05, 3.63) is 53.9 Å². The minimum absolute atomic E-state index is 0.103. The smallest absolute Gasteiger partial charge is 0.329 e. The molecule has 0 aliphatic carbocycles. The summed E-state index contributed by atoms with van der Waals surface area (Å²) in [6.07, 6.45) is 3.24. The first-order chi connectivity index (χ1) is 17.3. The zero-order valence-corrected chi connectivity index (χ0v) is 21.2. The van der Waals surface area contributed by atoms with Crippen LogP contribution >= 0.6 is 0 Å². The average molecular weight is 499 g/mol. The van der Waals surface area contributed by atoms with Crippen molar-refractivity contribution < 1.29 is 33.3 Å². The Hall–Kier alpha value is -3.46. The molecule has 1 aliphatic heterocycles. The number of benzene rings is 1. The van der Waals surface area contributed by atoms with Crippen LogP contribution in [-0.4, -0.2) is 54.8 Å². The van der Waals surface area contributed by atoms with Crippen molar-refractivity contribution in [2.24, 2.45) is 5.92 Å². The molecule has 1 fully saturated rings. The van der Waals surface area contributed by atoms with Gasteiger partial charge in [-0.1, -0.05) is 36.8 Å². The van der Waals surface area contributed by atoms with E-state index in [4.69, 9.17) is 18.9 Å². The lowest BCUT2D eigenvalue weighted by Gasteiger charge is -2.31. The van der Waals surface area contributed by atoms with Crippen LogP contribution in [0.2, 0.25) is 0 Å². The number of aromatic nitrogens is 1. The summed E-state index contributed by atoms with van der Waals surface area (Å²) in [4.78, 5) is 41.8. The Morgan fingerprint density at radius 2 is 1.92 bits per heavy atom. The van der Waals surface area contributed by atoms with Crippen LogP contribution in [0.15, 0.2) is 42.6 Å². The molecule has 0 spiro atoms. The third-order valence-corrected chi connectivity index (χ3v) is 6.14. The number of amides is 1. The van der Waals surface area contributed by atoms with E-state index in [2.05, 4.69) is 22.4 Å². The topological polar surface area (TPSA) is 113 Å². The maximum Gasteiger partial charge on any atom is 0.329 e. The van der Waals surface area contributed by atoms with Crippen LogP contribution in [0, 0.1) is 5.92 Å². The van der Waals surface area contributed by atoms with Gasteiger partial charge in [-0.2, -0.15) is 0 Å². The number of rotatable bonds is 8. The molecule has 0 bridgehead atoms. The van der Waals surface area contributed by atoms with E-state index in [1.165, 1.54) is 31.9 Å². The molecule has 9 heteroatoms. The summed E-state index contributed by atoms with van der Waals surface area (Å²) in [5.41, 5.74) is 1.04. The second kappa shape index (κ2) is 13.0. The second-order valence-corrected chi connectivity index (χ2v) is 8.75. The summed E-state index contributed by atoms with van der Waals surface area (Å²) in [6.45, 7) is 5.46. The molecule has 194 valence electrons. The van der Waals surface area contributed by atoms with Gasteiger partial charge < -0.3 is 24.3 Å². The van der Waals surface area contributed by atoms with E-state index in [0.717, 1.165) is 12.8 Å². The van der Waals surface area contributed by atoms with Crippen molar-refractivity contribution in [1.29, 1.82) is 0 Å². The molecule has 9 nitrogen and oxygen atoms in total. The van der Waals surface area contributed by atoms with Crippen molar-refractivity contribution in [2.75, 3.05) is 13.7 Å². The summed E-state index contributed by atoms with van der Waals surface area (Å²) in [5, 5.41) is 2.71. The lowest BCUT2D eigenvalue weighted by Crippen LogP contribution is -2.44. The number of cyclic esters (lactones) is 1. The van der Waals surface area contributed by atoms with Crippen LogP contribution < -0.4 is 14.8 Å². The van der Waals surface area contributed by atoms with Crippen molar-refractivity contribution in [3.8, 4) is 11.5 Å². The van der Waals surface area contributed by atoms with Gasteiger partial charge in [0.15, 0.2) is 11.4 Å². The molecule has 0 unspecified atom stereocenters. The molecular formula is C27H34N2O7. The van der Waals surface area contributed by atoms with Crippen LogP contribution in [-0.2, 0) is 25.5 Å². The van der Waals surface area contributed by atoms with Gasteiger partial charge in [0.2, 0.25) is 5.75 Å². The Morgan fingerprint density at radius 3 is 2.58 bits per heavy atom. The number of pyridine rings is 1. The first-order valence-electron chi connectivity index (χ1n) is 12.2. The lowest BCUT2D eigenvalue weighted by molar-refractivity contribution is -0.160. The molecule has 4 atom stereocenters. The standard InChI is InChI=1S/C27H34N2O7/c1-5-34-24-17(2)35-27(32)21(13-9-12-20(24)16-19-10-7-6-8-11-19)29-26(31)23-25(36-18(3)30)22(33-4)14-15-28-23/h6-8,10-11,14-15,17,20-21,24H,5,9,12-13,16H2,1-4H3,(H,29,31)/t17-,20+,21-,24-/m0/s1. The van der Waals surface area contributed by atoms with E-state index in [0.29, 0.717) is 19.4 Å². The van der Waals surface area contributed by atoms with Gasteiger partial charge in [0.25, 0.3) is 5.91 Å². The lowest BCUT2D eigenvalue weighted by atomic mass is 9.87. The van der Waals surface area contributed by atoms with E-state index in [1.807, 2.05) is 32.0 Å². The van der Waals surface area contributed by atoms with Gasteiger partial charge in [-0.3, -0.25) is 9.59 Å². The predicted octanol–water partition coefficient (Wildman–Crippen LogP) is 3.49. The molecule has 1 N–H and O–H groups in total. The third-order valence-electron chi connectivity index (χ3n) is 6.14. The first-order valence-corrected chi connectivity index (χ1v) is 12.2. The number of esters is 2. The normalized spacial score (nSPS) is 22.4. The predicted molar refractivity (Wildman–Crippen MR) is 132 cm³/mol. The molecule has 1 saturated heterocycles.